The SMILES string of the molecule is Cc1ccc(C(=O)NCC(C)S(C)=O)cc1C#CCN. The topological polar surface area (TPSA) is 72.2 Å². The maximum Gasteiger partial charge on any atom is 0.251 e. The predicted molar refractivity (Wildman–Crippen MR) is 83.0 cm³/mol. The van der Waals surface area contributed by atoms with Crippen LogP contribution in [-0.4, -0.2) is 34.7 Å². The van der Waals surface area contributed by atoms with Crippen LogP contribution in [0.15, 0.2) is 18.2 Å². The van der Waals surface area contributed by atoms with Gasteiger partial charge >= 0.3 is 0 Å². The molecule has 1 amide bonds. The van der Waals surface area contributed by atoms with Crippen molar-refractivity contribution >= 4 is 16.7 Å². The molecule has 1 aromatic rings. The second kappa shape index (κ2) is 7.83. The molecule has 0 fully saturated rings. The molecule has 0 aliphatic rings. The van der Waals surface area contributed by atoms with Gasteiger partial charge in [-0.3, -0.25) is 9.00 Å². The molecule has 108 valence electrons. The standard InChI is InChI=1S/C15H20N2O2S/c1-11-6-7-14(9-13(11)5-4-8-16)15(18)17-10-12(2)20(3)19/h6-7,9,12H,8,10,16H2,1-3H3,(H,17,18). The minimum absolute atomic E-state index is 0.0686. The van der Waals surface area contributed by atoms with E-state index in [0.29, 0.717) is 12.1 Å². The van der Waals surface area contributed by atoms with Crippen LogP contribution in [0.1, 0.15) is 28.4 Å². The zero-order valence-electron chi connectivity index (χ0n) is 12.0. The van der Waals surface area contributed by atoms with E-state index in [1.54, 1.807) is 18.4 Å². The highest BCUT2D eigenvalue weighted by Gasteiger charge is 2.11. The number of aryl methyl sites for hydroxylation is 1. The molecule has 0 bridgehead atoms. The first-order valence-electron chi connectivity index (χ1n) is 6.35. The number of rotatable bonds is 4. The van der Waals surface area contributed by atoms with E-state index in [-0.39, 0.29) is 17.7 Å². The number of hydrogen-bond acceptors (Lipinski definition) is 3. The molecule has 0 aliphatic carbocycles. The lowest BCUT2D eigenvalue weighted by Crippen LogP contribution is -2.32. The lowest BCUT2D eigenvalue weighted by atomic mass is 10.0. The lowest BCUT2D eigenvalue weighted by Gasteiger charge is -2.10. The summed E-state index contributed by atoms with van der Waals surface area (Å²) in [6, 6.07) is 5.36. The fourth-order valence-electron chi connectivity index (χ4n) is 1.50. The van der Waals surface area contributed by atoms with Gasteiger partial charge in [0.2, 0.25) is 0 Å². The van der Waals surface area contributed by atoms with Gasteiger partial charge in [0, 0.05) is 40.0 Å². The van der Waals surface area contributed by atoms with Crippen molar-refractivity contribution in [3.63, 3.8) is 0 Å². The van der Waals surface area contributed by atoms with E-state index in [9.17, 15) is 9.00 Å². The third-order valence-corrected chi connectivity index (χ3v) is 4.24. The van der Waals surface area contributed by atoms with Crippen LogP contribution in [0.3, 0.4) is 0 Å². The molecule has 5 heteroatoms. The Morgan fingerprint density at radius 2 is 2.20 bits per heavy atom. The Bertz CT molecular complexity index is 573. The summed E-state index contributed by atoms with van der Waals surface area (Å²) >= 11 is 0. The second-order valence-corrected chi connectivity index (χ2v) is 6.36. The van der Waals surface area contributed by atoms with Gasteiger partial charge in [-0.1, -0.05) is 17.9 Å². The number of carbonyl (C=O) groups excluding carboxylic acids is 1. The molecule has 0 saturated carbocycles. The van der Waals surface area contributed by atoms with Crippen molar-refractivity contribution in [2.45, 2.75) is 19.1 Å². The van der Waals surface area contributed by atoms with Crippen molar-refractivity contribution in [1.29, 1.82) is 0 Å². The highest BCUT2D eigenvalue weighted by atomic mass is 32.2. The average Bonchev–Trinajstić information content (AvgIpc) is 2.43. The van der Waals surface area contributed by atoms with Crippen molar-refractivity contribution < 1.29 is 9.00 Å². The molecule has 2 atom stereocenters. The monoisotopic (exact) mass is 292 g/mol. The number of benzene rings is 1. The highest BCUT2D eigenvalue weighted by Crippen LogP contribution is 2.10. The minimum atomic E-state index is -0.946. The third-order valence-electron chi connectivity index (χ3n) is 2.94. The van der Waals surface area contributed by atoms with Crippen molar-refractivity contribution in [1.82, 2.24) is 5.32 Å². The number of nitrogens with one attached hydrogen (secondary N) is 1. The number of hydrogen-bond donors (Lipinski definition) is 2. The van der Waals surface area contributed by atoms with Crippen LogP contribution >= 0.6 is 0 Å². The van der Waals surface area contributed by atoms with Gasteiger partial charge in [0.15, 0.2) is 0 Å². The van der Waals surface area contributed by atoms with E-state index in [1.807, 2.05) is 19.9 Å². The largest absolute Gasteiger partial charge is 0.351 e. The van der Waals surface area contributed by atoms with Crippen LogP contribution < -0.4 is 11.1 Å². The van der Waals surface area contributed by atoms with E-state index in [4.69, 9.17) is 5.73 Å². The molecular formula is C15H20N2O2S. The minimum Gasteiger partial charge on any atom is -0.351 e. The van der Waals surface area contributed by atoms with Crippen molar-refractivity contribution in [3.05, 3.63) is 34.9 Å². The maximum absolute atomic E-state index is 12.0. The first-order chi connectivity index (χ1) is 9.45. The van der Waals surface area contributed by atoms with Gasteiger partial charge in [0.05, 0.1) is 6.54 Å². The van der Waals surface area contributed by atoms with Gasteiger partial charge in [-0.25, -0.2) is 0 Å². The molecule has 0 aliphatic heterocycles. The number of carbonyl (C=O) groups is 1. The molecule has 1 aromatic carbocycles. The molecule has 20 heavy (non-hydrogen) atoms. The summed E-state index contributed by atoms with van der Waals surface area (Å²) < 4.78 is 11.2. The molecule has 0 radical (unpaired) electrons. The summed E-state index contributed by atoms with van der Waals surface area (Å²) in [7, 11) is -0.946. The molecule has 4 nitrogen and oxygen atoms in total. The first-order valence-corrected chi connectivity index (χ1v) is 7.97. The lowest BCUT2D eigenvalue weighted by molar-refractivity contribution is 0.0954. The van der Waals surface area contributed by atoms with Crippen LogP contribution in [0.4, 0.5) is 0 Å². The van der Waals surface area contributed by atoms with Crippen molar-refractivity contribution in [3.8, 4) is 11.8 Å². The van der Waals surface area contributed by atoms with Gasteiger partial charge < -0.3 is 11.1 Å². The summed E-state index contributed by atoms with van der Waals surface area (Å²) in [5.74, 6) is 5.55. The summed E-state index contributed by atoms with van der Waals surface area (Å²) in [6.07, 6.45) is 1.63. The van der Waals surface area contributed by atoms with Crippen molar-refractivity contribution in [2.75, 3.05) is 19.3 Å². The molecule has 0 heterocycles. The van der Waals surface area contributed by atoms with Gasteiger partial charge in [-0.15, -0.1) is 0 Å². The van der Waals surface area contributed by atoms with Crippen molar-refractivity contribution in [2.24, 2.45) is 5.73 Å². The maximum atomic E-state index is 12.0. The van der Waals surface area contributed by atoms with E-state index in [0.717, 1.165) is 11.1 Å². The Balaban J connectivity index is 2.81. The normalized spacial score (nSPS) is 13.0. The predicted octanol–water partition coefficient (Wildman–Crippen LogP) is 0.802. The second-order valence-electron chi connectivity index (χ2n) is 4.55. The van der Waals surface area contributed by atoms with Crippen LogP contribution in [0.2, 0.25) is 0 Å². The molecule has 0 aromatic heterocycles. The Hall–Kier alpha value is -1.64. The van der Waals surface area contributed by atoms with Crippen LogP contribution in [0, 0.1) is 18.8 Å². The van der Waals surface area contributed by atoms with Gasteiger partial charge in [-0.05, 0) is 31.5 Å². The highest BCUT2D eigenvalue weighted by molar-refractivity contribution is 7.84. The number of amides is 1. The molecule has 3 N–H and O–H groups in total. The Kier molecular flexibility index (Phi) is 6.43. The smallest absolute Gasteiger partial charge is 0.251 e. The van der Waals surface area contributed by atoms with E-state index < -0.39 is 10.8 Å². The average molecular weight is 292 g/mol. The van der Waals surface area contributed by atoms with E-state index in [1.165, 1.54) is 0 Å². The summed E-state index contributed by atoms with van der Waals surface area (Å²) in [4.78, 5) is 12.0. The molecular weight excluding hydrogens is 272 g/mol. The Morgan fingerprint density at radius 3 is 2.80 bits per heavy atom. The van der Waals surface area contributed by atoms with E-state index in [2.05, 4.69) is 17.2 Å². The quantitative estimate of drug-likeness (QED) is 0.806. The summed E-state index contributed by atoms with van der Waals surface area (Å²) in [6.45, 7) is 4.45. The van der Waals surface area contributed by atoms with Gasteiger partial charge in [0.1, 0.15) is 0 Å². The molecule has 2 unspecified atom stereocenters. The molecule has 1 rings (SSSR count). The molecule has 0 saturated heterocycles. The molecule has 0 spiro atoms. The summed E-state index contributed by atoms with van der Waals surface area (Å²) in [5.41, 5.74) is 7.71. The first kappa shape index (κ1) is 16.4. The summed E-state index contributed by atoms with van der Waals surface area (Å²) in [5, 5.41) is 2.71. The zero-order chi connectivity index (χ0) is 15.1. The Labute approximate surface area is 122 Å². The Morgan fingerprint density at radius 1 is 1.50 bits per heavy atom. The third kappa shape index (κ3) is 4.80. The van der Waals surface area contributed by atoms with E-state index >= 15 is 0 Å². The number of nitrogens with two attached hydrogens (primary N) is 1. The zero-order valence-corrected chi connectivity index (χ0v) is 12.8. The fraction of sp³-hybridized carbons (Fsp3) is 0.400. The fourth-order valence-corrected chi connectivity index (χ4v) is 1.82. The van der Waals surface area contributed by atoms with Crippen LogP contribution in [0.5, 0.6) is 0 Å². The van der Waals surface area contributed by atoms with Crippen LogP contribution in [0.25, 0.3) is 0 Å². The van der Waals surface area contributed by atoms with Gasteiger partial charge in [0.25, 0.3) is 5.91 Å². The van der Waals surface area contributed by atoms with Crippen LogP contribution in [-0.2, 0) is 10.8 Å². The van der Waals surface area contributed by atoms with Gasteiger partial charge in [-0.2, -0.15) is 0 Å².